The first-order valence-electron chi connectivity index (χ1n) is 5.81. The summed E-state index contributed by atoms with van der Waals surface area (Å²) in [4.78, 5) is 10.5. The van der Waals surface area contributed by atoms with Crippen LogP contribution < -0.4 is 10.5 Å². The summed E-state index contributed by atoms with van der Waals surface area (Å²) in [6, 6.07) is 4.89. The van der Waals surface area contributed by atoms with Gasteiger partial charge in [0.15, 0.2) is 5.75 Å². The van der Waals surface area contributed by atoms with Crippen LogP contribution in [-0.2, 0) is 6.54 Å². The van der Waals surface area contributed by atoms with Crippen molar-refractivity contribution in [1.82, 2.24) is 0 Å². The van der Waals surface area contributed by atoms with E-state index in [1.165, 1.54) is 12.5 Å². The summed E-state index contributed by atoms with van der Waals surface area (Å²) in [6.45, 7) is 0.868. The summed E-state index contributed by atoms with van der Waals surface area (Å²) < 4.78 is 5.52. The molecule has 1 aromatic carbocycles. The normalized spacial score (nSPS) is 15.4. The maximum Gasteiger partial charge on any atom is 0.311 e. The number of nitro groups is 1. The van der Waals surface area contributed by atoms with Gasteiger partial charge in [-0.05, 0) is 30.4 Å². The second kappa shape index (κ2) is 5.14. The molecule has 5 nitrogen and oxygen atoms in total. The highest BCUT2D eigenvalue weighted by atomic mass is 16.6. The number of hydrogen-bond donors (Lipinski definition) is 1. The predicted octanol–water partition coefficient (Wildman–Crippen LogP) is 2.23. The zero-order chi connectivity index (χ0) is 12.3. The molecule has 0 radical (unpaired) electrons. The Balaban J connectivity index is 2.10. The van der Waals surface area contributed by atoms with Crippen molar-refractivity contribution in [3.63, 3.8) is 0 Å². The van der Waals surface area contributed by atoms with Crippen molar-refractivity contribution in [2.24, 2.45) is 11.7 Å². The molecule has 0 spiro atoms. The van der Waals surface area contributed by atoms with Crippen LogP contribution in [0.25, 0.3) is 0 Å². The monoisotopic (exact) mass is 236 g/mol. The van der Waals surface area contributed by atoms with Crippen LogP contribution >= 0.6 is 0 Å². The average Bonchev–Trinajstić information content (AvgIpc) is 2.27. The van der Waals surface area contributed by atoms with Crippen molar-refractivity contribution in [2.45, 2.75) is 25.8 Å². The van der Waals surface area contributed by atoms with Crippen LogP contribution in [-0.4, -0.2) is 11.5 Å². The van der Waals surface area contributed by atoms with Crippen molar-refractivity contribution < 1.29 is 9.66 Å². The Kier molecular flexibility index (Phi) is 3.58. The third-order valence-corrected chi connectivity index (χ3v) is 3.16. The van der Waals surface area contributed by atoms with Gasteiger partial charge in [0.1, 0.15) is 0 Å². The number of rotatable bonds is 5. The van der Waals surface area contributed by atoms with E-state index in [1.54, 1.807) is 12.1 Å². The molecule has 92 valence electrons. The van der Waals surface area contributed by atoms with E-state index >= 15 is 0 Å². The Hall–Kier alpha value is -1.62. The van der Waals surface area contributed by atoms with E-state index in [0.717, 1.165) is 18.4 Å². The molecule has 1 aromatic rings. The number of hydrogen-bond acceptors (Lipinski definition) is 4. The molecule has 0 atom stereocenters. The van der Waals surface area contributed by atoms with Crippen LogP contribution in [0.5, 0.6) is 5.75 Å². The number of nitro benzene ring substituents is 1. The minimum absolute atomic E-state index is 0.00673. The van der Waals surface area contributed by atoms with E-state index in [0.29, 0.717) is 24.8 Å². The molecule has 0 amide bonds. The van der Waals surface area contributed by atoms with Crippen LogP contribution in [0.15, 0.2) is 18.2 Å². The molecular formula is C12H16N2O3. The fourth-order valence-corrected chi connectivity index (χ4v) is 1.82. The molecule has 0 heterocycles. The summed E-state index contributed by atoms with van der Waals surface area (Å²) in [6.07, 6.45) is 3.56. The van der Waals surface area contributed by atoms with Gasteiger partial charge in [-0.1, -0.05) is 12.5 Å². The number of nitrogens with zero attached hydrogens (tertiary/aromatic N) is 1. The number of ether oxygens (including phenoxy) is 1. The molecule has 0 saturated heterocycles. The van der Waals surface area contributed by atoms with E-state index in [9.17, 15) is 10.1 Å². The van der Waals surface area contributed by atoms with Gasteiger partial charge in [-0.2, -0.15) is 0 Å². The first kappa shape index (κ1) is 11.9. The molecule has 2 N–H and O–H groups in total. The third-order valence-electron chi connectivity index (χ3n) is 3.16. The van der Waals surface area contributed by atoms with Crippen LogP contribution in [0.4, 0.5) is 5.69 Å². The molecule has 2 rings (SSSR count). The Labute approximate surface area is 99.7 Å². The molecule has 1 aliphatic rings. The second-order valence-corrected chi connectivity index (χ2v) is 4.37. The highest BCUT2D eigenvalue weighted by molar-refractivity contribution is 5.48. The van der Waals surface area contributed by atoms with Gasteiger partial charge in [0.05, 0.1) is 11.5 Å². The van der Waals surface area contributed by atoms with Gasteiger partial charge >= 0.3 is 5.69 Å². The molecule has 1 saturated carbocycles. The van der Waals surface area contributed by atoms with Crippen LogP contribution in [0.2, 0.25) is 0 Å². The Morgan fingerprint density at radius 1 is 1.47 bits per heavy atom. The van der Waals surface area contributed by atoms with E-state index in [4.69, 9.17) is 10.5 Å². The van der Waals surface area contributed by atoms with E-state index in [1.807, 2.05) is 0 Å². The third kappa shape index (κ3) is 2.74. The highest BCUT2D eigenvalue weighted by Crippen LogP contribution is 2.31. The molecule has 1 fully saturated rings. The van der Waals surface area contributed by atoms with Gasteiger partial charge in [-0.15, -0.1) is 0 Å². The maximum atomic E-state index is 10.9. The minimum atomic E-state index is -0.421. The van der Waals surface area contributed by atoms with Gasteiger partial charge in [-0.3, -0.25) is 10.1 Å². The van der Waals surface area contributed by atoms with Crippen LogP contribution in [0, 0.1) is 16.0 Å². The summed E-state index contributed by atoms with van der Waals surface area (Å²) in [5, 5.41) is 10.9. The van der Waals surface area contributed by atoms with Gasteiger partial charge in [0, 0.05) is 12.6 Å². The lowest BCUT2D eigenvalue weighted by Crippen LogP contribution is -2.19. The fourth-order valence-electron chi connectivity index (χ4n) is 1.82. The first-order valence-corrected chi connectivity index (χ1v) is 5.81. The average molecular weight is 236 g/mol. The van der Waals surface area contributed by atoms with E-state index < -0.39 is 4.92 Å². The van der Waals surface area contributed by atoms with E-state index in [-0.39, 0.29) is 5.69 Å². The van der Waals surface area contributed by atoms with E-state index in [2.05, 4.69) is 0 Å². The number of benzene rings is 1. The van der Waals surface area contributed by atoms with Crippen molar-refractivity contribution in [3.8, 4) is 5.75 Å². The lowest BCUT2D eigenvalue weighted by Gasteiger charge is -2.25. The Morgan fingerprint density at radius 3 is 2.76 bits per heavy atom. The zero-order valence-corrected chi connectivity index (χ0v) is 9.59. The standard InChI is InChI=1S/C12H16N2O3/c13-7-10-4-5-12(11(6-10)14(15)16)17-8-9-2-1-3-9/h4-6,9H,1-3,7-8,13H2. The summed E-state index contributed by atoms with van der Waals surface area (Å²) in [5.74, 6) is 0.905. The van der Waals surface area contributed by atoms with Gasteiger partial charge < -0.3 is 10.5 Å². The summed E-state index contributed by atoms with van der Waals surface area (Å²) in [5.41, 5.74) is 6.21. The Bertz CT molecular complexity index is 416. The van der Waals surface area contributed by atoms with Gasteiger partial charge in [0.2, 0.25) is 0 Å². The molecule has 5 heteroatoms. The Morgan fingerprint density at radius 2 is 2.24 bits per heavy atom. The lowest BCUT2D eigenvalue weighted by atomic mass is 9.86. The largest absolute Gasteiger partial charge is 0.487 e. The molecule has 1 aliphatic carbocycles. The molecule has 17 heavy (non-hydrogen) atoms. The molecule has 0 bridgehead atoms. The number of nitrogens with two attached hydrogens (primary N) is 1. The van der Waals surface area contributed by atoms with Crippen molar-refractivity contribution in [2.75, 3.05) is 6.61 Å². The first-order chi connectivity index (χ1) is 8.20. The quantitative estimate of drug-likeness (QED) is 0.628. The van der Waals surface area contributed by atoms with Gasteiger partial charge in [-0.25, -0.2) is 0 Å². The molecule has 0 unspecified atom stereocenters. The highest BCUT2D eigenvalue weighted by Gasteiger charge is 2.21. The predicted molar refractivity (Wildman–Crippen MR) is 63.8 cm³/mol. The molecular weight excluding hydrogens is 220 g/mol. The summed E-state index contributed by atoms with van der Waals surface area (Å²) in [7, 11) is 0. The topological polar surface area (TPSA) is 78.4 Å². The fraction of sp³-hybridized carbons (Fsp3) is 0.500. The van der Waals surface area contributed by atoms with Crippen LogP contribution in [0.1, 0.15) is 24.8 Å². The molecule has 0 aliphatic heterocycles. The smallest absolute Gasteiger partial charge is 0.311 e. The van der Waals surface area contributed by atoms with Crippen molar-refractivity contribution >= 4 is 5.69 Å². The summed E-state index contributed by atoms with van der Waals surface area (Å²) >= 11 is 0. The zero-order valence-electron chi connectivity index (χ0n) is 9.59. The second-order valence-electron chi connectivity index (χ2n) is 4.37. The van der Waals surface area contributed by atoms with Crippen molar-refractivity contribution in [3.05, 3.63) is 33.9 Å². The maximum absolute atomic E-state index is 10.9. The van der Waals surface area contributed by atoms with Gasteiger partial charge in [0.25, 0.3) is 0 Å². The lowest BCUT2D eigenvalue weighted by molar-refractivity contribution is -0.386. The van der Waals surface area contributed by atoms with Crippen molar-refractivity contribution in [1.29, 1.82) is 0 Å². The minimum Gasteiger partial charge on any atom is -0.487 e. The SMILES string of the molecule is NCc1ccc(OCC2CCC2)c([N+](=O)[O-])c1. The molecule has 0 aromatic heterocycles. The van der Waals surface area contributed by atoms with Crippen LogP contribution in [0.3, 0.4) is 0 Å².